The Balaban J connectivity index is 1.45. The van der Waals surface area contributed by atoms with Crippen molar-refractivity contribution in [1.82, 2.24) is 24.6 Å². The van der Waals surface area contributed by atoms with E-state index in [0.717, 1.165) is 12.8 Å². The molecule has 1 amide bonds. The van der Waals surface area contributed by atoms with Crippen LogP contribution in [0.1, 0.15) is 23.3 Å². The van der Waals surface area contributed by atoms with Crippen LogP contribution in [0, 0.1) is 0 Å². The maximum Gasteiger partial charge on any atom is 0.270 e. The molecular formula is C16H21N5O3. The molecule has 24 heavy (non-hydrogen) atoms. The number of H-pyrrole nitrogens is 1. The molecule has 2 fully saturated rings. The highest BCUT2D eigenvalue weighted by molar-refractivity contribution is 5.92. The molecule has 2 unspecified atom stereocenters. The van der Waals surface area contributed by atoms with E-state index in [1.54, 1.807) is 23.3 Å². The van der Waals surface area contributed by atoms with Crippen LogP contribution in [0.5, 0.6) is 0 Å². The summed E-state index contributed by atoms with van der Waals surface area (Å²) in [6.07, 6.45) is 6.84. The standard InChI is InChI=1S/C16H21N5O3/c22-15(14-2-1-5-18-14)20-6-7-23-10-16(9-20)4-3-13(24-16)8-21-12-17-11-19-21/h1-2,5,11-13,18H,3-4,6-10H2. The Morgan fingerprint density at radius 2 is 2.46 bits per heavy atom. The summed E-state index contributed by atoms with van der Waals surface area (Å²) in [7, 11) is 0. The van der Waals surface area contributed by atoms with Crippen molar-refractivity contribution in [1.29, 1.82) is 0 Å². The molecule has 4 rings (SSSR count). The lowest BCUT2D eigenvalue weighted by Gasteiger charge is -2.31. The predicted molar refractivity (Wildman–Crippen MR) is 84.4 cm³/mol. The molecule has 2 saturated heterocycles. The number of hydrogen-bond acceptors (Lipinski definition) is 5. The first kappa shape index (κ1) is 15.3. The van der Waals surface area contributed by atoms with Crippen LogP contribution in [0.3, 0.4) is 0 Å². The van der Waals surface area contributed by atoms with E-state index in [9.17, 15) is 4.79 Å². The molecule has 2 aromatic heterocycles. The molecule has 8 nitrogen and oxygen atoms in total. The number of aromatic amines is 1. The van der Waals surface area contributed by atoms with Crippen LogP contribution in [-0.2, 0) is 16.0 Å². The molecule has 128 valence electrons. The molecule has 0 aliphatic carbocycles. The molecule has 2 aliphatic rings. The van der Waals surface area contributed by atoms with E-state index < -0.39 is 5.60 Å². The van der Waals surface area contributed by atoms with Gasteiger partial charge in [0.25, 0.3) is 5.91 Å². The van der Waals surface area contributed by atoms with Gasteiger partial charge in [-0.3, -0.25) is 9.48 Å². The Morgan fingerprint density at radius 1 is 1.50 bits per heavy atom. The van der Waals surface area contributed by atoms with Crippen molar-refractivity contribution in [2.75, 3.05) is 26.3 Å². The van der Waals surface area contributed by atoms with Crippen molar-refractivity contribution in [3.63, 3.8) is 0 Å². The molecule has 0 bridgehead atoms. The highest BCUT2D eigenvalue weighted by Gasteiger charge is 2.44. The fourth-order valence-electron chi connectivity index (χ4n) is 3.49. The molecule has 4 heterocycles. The van der Waals surface area contributed by atoms with Crippen molar-refractivity contribution >= 4 is 5.91 Å². The second-order valence-electron chi connectivity index (χ2n) is 6.44. The minimum absolute atomic E-state index is 0.00630. The molecule has 2 aromatic rings. The third-order valence-corrected chi connectivity index (χ3v) is 4.66. The van der Waals surface area contributed by atoms with Gasteiger partial charge in [0.05, 0.1) is 32.4 Å². The lowest BCUT2D eigenvalue weighted by Crippen LogP contribution is -2.47. The maximum atomic E-state index is 12.7. The topological polar surface area (TPSA) is 85.3 Å². The summed E-state index contributed by atoms with van der Waals surface area (Å²) < 4.78 is 13.9. The van der Waals surface area contributed by atoms with E-state index in [1.807, 2.05) is 11.0 Å². The van der Waals surface area contributed by atoms with Gasteiger partial charge in [-0.05, 0) is 25.0 Å². The fraction of sp³-hybridized carbons (Fsp3) is 0.562. The third-order valence-electron chi connectivity index (χ3n) is 4.66. The van der Waals surface area contributed by atoms with Crippen molar-refractivity contribution in [3.8, 4) is 0 Å². The fourth-order valence-corrected chi connectivity index (χ4v) is 3.49. The predicted octanol–water partition coefficient (Wildman–Crippen LogP) is 0.697. The molecule has 0 radical (unpaired) electrons. The number of hydrogen-bond donors (Lipinski definition) is 1. The number of carbonyl (C=O) groups is 1. The van der Waals surface area contributed by atoms with Gasteiger partial charge in [-0.2, -0.15) is 5.10 Å². The van der Waals surface area contributed by atoms with Gasteiger partial charge >= 0.3 is 0 Å². The van der Waals surface area contributed by atoms with Gasteiger partial charge < -0.3 is 19.4 Å². The van der Waals surface area contributed by atoms with E-state index in [-0.39, 0.29) is 12.0 Å². The number of nitrogens with zero attached hydrogens (tertiary/aromatic N) is 4. The van der Waals surface area contributed by atoms with Gasteiger partial charge in [-0.1, -0.05) is 0 Å². The first-order chi connectivity index (χ1) is 11.7. The summed E-state index contributed by atoms with van der Waals surface area (Å²) in [5.74, 6) is -0.00630. The van der Waals surface area contributed by atoms with Gasteiger partial charge in [0.1, 0.15) is 23.9 Å². The maximum absolute atomic E-state index is 12.7. The highest BCUT2D eigenvalue weighted by Crippen LogP contribution is 2.33. The van der Waals surface area contributed by atoms with Gasteiger partial charge in [0.15, 0.2) is 0 Å². The average molecular weight is 331 g/mol. The normalized spacial score (nSPS) is 27.5. The number of carbonyl (C=O) groups excluding carboxylic acids is 1. The number of rotatable bonds is 3. The molecule has 1 spiro atoms. The van der Waals surface area contributed by atoms with Crippen molar-refractivity contribution in [2.45, 2.75) is 31.1 Å². The smallest absolute Gasteiger partial charge is 0.270 e. The molecule has 0 saturated carbocycles. The van der Waals surface area contributed by atoms with Gasteiger partial charge in [-0.15, -0.1) is 0 Å². The van der Waals surface area contributed by atoms with Crippen LogP contribution in [0.4, 0.5) is 0 Å². The van der Waals surface area contributed by atoms with Crippen LogP contribution in [0.25, 0.3) is 0 Å². The molecule has 0 aromatic carbocycles. The van der Waals surface area contributed by atoms with Crippen molar-refractivity contribution in [3.05, 3.63) is 36.7 Å². The summed E-state index contributed by atoms with van der Waals surface area (Å²) in [6, 6.07) is 3.63. The Morgan fingerprint density at radius 3 is 3.25 bits per heavy atom. The summed E-state index contributed by atoms with van der Waals surface area (Å²) in [5.41, 5.74) is 0.175. The van der Waals surface area contributed by atoms with Crippen LogP contribution in [0.2, 0.25) is 0 Å². The quantitative estimate of drug-likeness (QED) is 0.895. The van der Waals surface area contributed by atoms with E-state index >= 15 is 0 Å². The van der Waals surface area contributed by atoms with E-state index in [2.05, 4.69) is 15.1 Å². The SMILES string of the molecule is O=C(c1ccc[nH]1)N1CCOCC2(CCC(Cn3cncn3)O2)C1. The number of nitrogens with one attached hydrogen (secondary N) is 1. The monoisotopic (exact) mass is 331 g/mol. The number of amides is 1. The Bertz CT molecular complexity index is 672. The lowest BCUT2D eigenvalue weighted by molar-refractivity contribution is -0.0881. The second kappa shape index (κ2) is 6.37. The van der Waals surface area contributed by atoms with E-state index in [4.69, 9.17) is 9.47 Å². The van der Waals surface area contributed by atoms with Crippen molar-refractivity contribution < 1.29 is 14.3 Å². The molecule has 2 aliphatic heterocycles. The molecular weight excluding hydrogens is 310 g/mol. The minimum Gasteiger partial charge on any atom is -0.377 e. The first-order valence-corrected chi connectivity index (χ1v) is 8.25. The summed E-state index contributed by atoms with van der Waals surface area (Å²) in [5, 5.41) is 4.13. The molecule has 2 atom stereocenters. The number of aromatic nitrogens is 4. The molecule has 1 N–H and O–H groups in total. The zero-order valence-corrected chi connectivity index (χ0v) is 13.4. The van der Waals surface area contributed by atoms with Gasteiger partial charge in [0.2, 0.25) is 0 Å². The van der Waals surface area contributed by atoms with Crippen LogP contribution >= 0.6 is 0 Å². The summed E-state index contributed by atoms with van der Waals surface area (Å²) in [4.78, 5) is 21.4. The van der Waals surface area contributed by atoms with Crippen LogP contribution in [0.15, 0.2) is 31.0 Å². The highest BCUT2D eigenvalue weighted by atomic mass is 16.6. The zero-order valence-electron chi connectivity index (χ0n) is 13.4. The summed E-state index contributed by atoms with van der Waals surface area (Å²) in [6.45, 7) is 2.86. The minimum atomic E-state index is -0.427. The molecule has 8 heteroatoms. The largest absolute Gasteiger partial charge is 0.377 e. The van der Waals surface area contributed by atoms with Gasteiger partial charge in [0, 0.05) is 12.7 Å². The Hall–Kier alpha value is -2.19. The first-order valence-electron chi connectivity index (χ1n) is 8.25. The number of ether oxygens (including phenoxy) is 2. The third kappa shape index (κ3) is 3.07. The van der Waals surface area contributed by atoms with Crippen molar-refractivity contribution in [2.24, 2.45) is 0 Å². The summed E-state index contributed by atoms with van der Waals surface area (Å²) >= 11 is 0. The average Bonchev–Trinajstić information content (AvgIpc) is 3.30. The lowest BCUT2D eigenvalue weighted by atomic mass is 10.00. The van der Waals surface area contributed by atoms with E-state index in [1.165, 1.54) is 6.33 Å². The zero-order chi connectivity index (χ0) is 16.4. The van der Waals surface area contributed by atoms with Crippen LogP contribution in [-0.4, -0.2) is 68.6 Å². The van der Waals surface area contributed by atoms with Gasteiger partial charge in [-0.25, -0.2) is 4.98 Å². The second-order valence-corrected chi connectivity index (χ2v) is 6.44. The Labute approximate surface area is 139 Å². The van der Waals surface area contributed by atoms with Crippen LogP contribution < -0.4 is 0 Å². The Kier molecular flexibility index (Phi) is 4.07. The van der Waals surface area contributed by atoms with E-state index in [0.29, 0.717) is 38.5 Å².